The molecule has 2 aliphatic rings. The minimum Gasteiger partial charge on any atom is -0.370 e. The fourth-order valence-electron chi connectivity index (χ4n) is 3.16. The van der Waals surface area contributed by atoms with Crippen molar-refractivity contribution in [2.75, 3.05) is 33.8 Å². The molecule has 4 rings (SSSR count). The molecule has 29 heavy (non-hydrogen) atoms. The normalized spacial score (nSPS) is 18.8. The van der Waals surface area contributed by atoms with E-state index >= 15 is 0 Å². The van der Waals surface area contributed by atoms with Crippen molar-refractivity contribution in [2.24, 2.45) is 0 Å². The Morgan fingerprint density at radius 3 is 2.66 bits per heavy atom. The second-order valence-electron chi connectivity index (χ2n) is 6.91. The molecule has 0 atom stereocenters. The number of halogens is 3. The molecule has 0 aromatic carbocycles. The lowest BCUT2D eigenvalue weighted by atomic mass is 10.3. The highest BCUT2D eigenvalue weighted by Crippen LogP contribution is 2.40. The summed E-state index contributed by atoms with van der Waals surface area (Å²) in [5.74, 6) is 0.437. The Balaban J connectivity index is 1.66. The van der Waals surface area contributed by atoms with E-state index in [1.807, 2.05) is 0 Å². The predicted octanol–water partition coefficient (Wildman–Crippen LogP) is 2.74. The van der Waals surface area contributed by atoms with Crippen LogP contribution >= 0.6 is 0 Å². The number of nitrogens with one attached hydrogen (secondary N) is 2. The quantitative estimate of drug-likeness (QED) is 0.725. The molecule has 9 nitrogen and oxygen atoms in total. The van der Waals surface area contributed by atoms with E-state index in [0.29, 0.717) is 18.8 Å². The van der Waals surface area contributed by atoms with Crippen LogP contribution in [-0.2, 0) is 16.2 Å². The van der Waals surface area contributed by atoms with E-state index < -0.39 is 21.8 Å². The van der Waals surface area contributed by atoms with E-state index in [4.69, 9.17) is 0 Å². The van der Waals surface area contributed by atoms with Gasteiger partial charge in [0.2, 0.25) is 16.0 Å². The van der Waals surface area contributed by atoms with Gasteiger partial charge in [-0.25, -0.2) is 18.1 Å². The van der Waals surface area contributed by atoms with Crippen molar-refractivity contribution in [1.82, 2.24) is 19.7 Å². The minimum atomic E-state index is -4.58. The fourth-order valence-corrected chi connectivity index (χ4v) is 4.65. The molecule has 2 aromatic rings. The lowest BCUT2D eigenvalue weighted by Crippen LogP contribution is -2.25. The van der Waals surface area contributed by atoms with Crippen LogP contribution in [0.1, 0.15) is 37.8 Å². The lowest BCUT2D eigenvalue weighted by molar-refractivity contribution is -0.137. The first-order valence-electron chi connectivity index (χ1n) is 9.24. The Morgan fingerprint density at radius 1 is 1.31 bits per heavy atom. The zero-order valence-corrected chi connectivity index (χ0v) is 16.4. The van der Waals surface area contributed by atoms with Gasteiger partial charge in [0.15, 0.2) is 5.82 Å². The zero-order valence-electron chi connectivity index (χ0n) is 15.6. The van der Waals surface area contributed by atoms with E-state index in [-0.39, 0.29) is 35.9 Å². The van der Waals surface area contributed by atoms with Crippen LogP contribution in [0.15, 0.2) is 12.3 Å². The molecule has 0 spiro atoms. The first-order chi connectivity index (χ1) is 13.7. The summed E-state index contributed by atoms with van der Waals surface area (Å²) in [6, 6.07) is 1.68. The number of anilines is 4. The number of rotatable bonds is 6. The Hall–Kier alpha value is -2.57. The van der Waals surface area contributed by atoms with Gasteiger partial charge in [-0.15, -0.1) is 0 Å². The summed E-state index contributed by atoms with van der Waals surface area (Å²) in [6.07, 6.45) is -1.56. The van der Waals surface area contributed by atoms with E-state index in [1.54, 1.807) is 17.7 Å². The molecular weight excluding hydrogens is 411 g/mol. The summed E-state index contributed by atoms with van der Waals surface area (Å²) >= 11 is 0. The summed E-state index contributed by atoms with van der Waals surface area (Å²) in [6.45, 7) is 2.28. The fraction of sp³-hybridized carbons (Fsp3) is 0.562. The number of alkyl halides is 3. The molecule has 0 unspecified atom stereocenters. The largest absolute Gasteiger partial charge is 0.421 e. The monoisotopic (exact) mass is 431 g/mol. The van der Waals surface area contributed by atoms with Gasteiger partial charge >= 0.3 is 6.18 Å². The topological polar surface area (TPSA) is 105 Å². The number of hydrogen-bond donors (Lipinski definition) is 2. The molecule has 158 valence electrons. The molecule has 13 heteroatoms. The first kappa shape index (κ1) is 19.7. The van der Waals surface area contributed by atoms with Crippen molar-refractivity contribution < 1.29 is 21.6 Å². The van der Waals surface area contributed by atoms with Crippen LogP contribution in [0.4, 0.5) is 36.6 Å². The van der Waals surface area contributed by atoms with Gasteiger partial charge in [0.25, 0.3) is 0 Å². The van der Waals surface area contributed by atoms with Gasteiger partial charge < -0.3 is 10.6 Å². The summed E-state index contributed by atoms with van der Waals surface area (Å²) in [5, 5.41) is 9.90. The van der Waals surface area contributed by atoms with Crippen LogP contribution in [0.2, 0.25) is 0 Å². The third-order valence-corrected chi connectivity index (χ3v) is 6.49. The van der Waals surface area contributed by atoms with Crippen molar-refractivity contribution in [1.29, 1.82) is 0 Å². The molecule has 2 N–H and O–H groups in total. The number of hydrogen-bond acceptors (Lipinski definition) is 7. The van der Waals surface area contributed by atoms with Crippen molar-refractivity contribution >= 4 is 33.4 Å². The van der Waals surface area contributed by atoms with Crippen molar-refractivity contribution in [3.63, 3.8) is 0 Å². The molecule has 2 aromatic heterocycles. The highest BCUT2D eigenvalue weighted by atomic mass is 32.2. The highest BCUT2D eigenvalue weighted by Gasteiger charge is 2.36. The van der Waals surface area contributed by atoms with Gasteiger partial charge in [0.1, 0.15) is 17.2 Å². The first-order valence-corrected chi connectivity index (χ1v) is 10.8. The third kappa shape index (κ3) is 3.95. The molecule has 1 aliphatic carbocycles. The maximum absolute atomic E-state index is 13.1. The van der Waals surface area contributed by atoms with Crippen LogP contribution in [0.5, 0.6) is 0 Å². The van der Waals surface area contributed by atoms with E-state index in [0.717, 1.165) is 19.0 Å². The van der Waals surface area contributed by atoms with Crippen molar-refractivity contribution in [2.45, 2.75) is 38.4 Å². The Morgan fingerprint density at radius 2 is 2.07 bits per heavy atom. The Kier molecular flexibility index (Phi) is 4.79. The molecule has 1 saturated carbocycles. The van der Waals surface area contributed by atoms with Gasteiger partial charge in [-0.3, -0.25) is 4.31 Å². The van der Waals surface area contributed by atoms with Crippen molar-refractivity contribution in [3.05, 3.63) is 17.8 Å². The molecule has 0 bridgehead atoms. The zero-order chi connectivity index (χ0) is 20.8. The van der Waals surface area contributed by atoms with Crippen LogP contribution in [0.25, 0.3) is 0 Å². The minimum absolute atomic E-state index is 0.0356. The summed E-state index contributed by atoms with van der Waals surface area (Å²) < 4.78 is 66.7. The van der Waals surface area contributed by atoms with Gasteiger partial charge in [0.05, 0.1) is 11.8 Å². The van der Waals surface area contributed by atoms with Gasteiger partial charge in [-0.1, -0.05) is 0 Å². The van der Waals surface area contributed by atoms with Crippen molar-refractivity contribution in [3.8, 4) is 0 Å². The number of nitrogens with zero attached hydrogens (tertiary/aromatic N) is 5. The second-order valence-corrected chi connectivity index (χ2v) is 8.93. The van der Waals surface area contributed by atoms with E-state index in [9.17, 15) is 21.6 Å². The van der Waals surface area contributed by atoms with Gasteiger partial charge in [0, 0.05) is 25.4 Å². The van der Waals surface area contributed by atoms with Gasteiger partial charge in [-0.05, 0) is 26.2 Å². The maximum atomic E-state index is 13.1. The maximum Gasteiger partial charge on any atom is 0.421 e. The Bertz CT molecular complexity index is 1020. The van der Waals surface area contributed by atoms with Crippen LogP contribution in [0.3, 0.4) is 0 Å². The highest BCUT2D eigenvalue weighted by molar-refractivity contribution is 7.93. The summed E-state index contributed by atoms with van der Waals surface area (Å²) in [4.78, 5) is 7.74. The smallest absolute Gasteiger partial charge is 0.370 e. The second kappa shape index (κ2) is 7.04. The molecule has 3 heterocycles. The molecule has 0 radical (unpaired) electrons. The summed E-state index contributed by atoms with van der Waals surface area (Å²) in [7, 11) is -3.39. The average molecular weight is 431 g/mol. The predicted molar refractivity (Wildman–Crippen MR) is 101 cm³/mol. The third-order valence-electron chi connectivity index (χ3n) is 4.65. The average Bonchev–Trinajstić information content (AvgIpc) is 3.30. The van der Waals surface area contributed by atoms with Crippen LogP contribution in [-0.4, -0.2) is 47.0 Å². The van der Waals surface area contributed by atoms with Gasteiger partial charge in [-0.2, -0.15) is 23.3 Å². The molecule has 2 fully saturated rings. The molecule has 1 aliphatic heterocycles. The number of aromatic nitrogens is 4. The Labute approximate surface area is 165 Å². The summed E-state index contributed by atoms with van der Waals surface area (Å²) in [5.41, 5.74) is -0.954. The SMILES string of the molecule is CCNc1nc(Nc2cc(N3CCCS3(=O)=O)nn2C2CC2)ncc1C(F)(F)F. The lowest BCUT2D eigenvalue weighted by Gasteiger charge is -2.14. The standard InChI is InChI=1S/C16H20F3N7O2S/c1-2-20-14-11(16(17,18)19)9-21-15(23-14)22-12-8-13(24-26(12)10-4-5-10)25-6-3-7-29(25,27)28/h8-10H,2-7H2,1H3,(H2,20,21,22,23). The molecule has 0 amide bonds. The van der Waals surface area contributed by atoms with Crippen LogP contribution < -0.4 is 14.9 Å². The molecular formula is C16H20F3N7O2S. The van der Waals surface area contributed by atoms with Crippen LogP contribution in [0, 0.1) is 0 Å². The van der Waals surface area contributed by atoms with E-state index in [1.165, 1.54) is 4.31 Å². The molecule has 1 saturated heterocycles. The number of sulfonamides is 1. The van der Waals surface area contributed by atoms with E-state index in [2.05, 4.69) is 25.7 Å².